The van der Waals surface area contributed by atoms with Crippen molar-refractivity contribution in [2.75, 3.05) is 0 Å². The minimum atomic E-state index is -2.63. The lowest BCUT2D eigenvalue weighted by Gasteiger charge is -2.50. The second kappa shape index (κ2) is 7.41. The normalized spacial score (nSPS) is 16.3. The molecule has 0 aromatic rings. The van der Waals surface area contributed by atoms with Crippen LogP contribution in [-0.2, 0) is 0 Å². The quantitative estimate of drug-likeness (QED) is 0.296. The van der Waals surface area contributed by atoms with Crippen molar-refractivity contribution in [3.8, 4) is 0 Å². The molecule has 0 saturated carbocycles. The third kappa shape index (κ3) is 4.20. The van der Waals surface area contributed by atoms with E-state index < -0.39 is 25.5 Å². The van der Waals surface area contributed by atoms with E-state index in [1.165, 1.54) is 0 Å². The summed E-state index contributed by atoms with van der Waals surface area (Å²) >= 11 is 76.9. The molecule has 0 aliphatic heterocycles. The van der Waals surface area contributed by atoms with Gasteiger partial charge < -0.3 is 0 Å². The van der Waals surface area contributed by atoms with E-state index in [0.29, 0.717) is 0 Å². The van der Waals surface area contributed by atoms with Crippen LogP contribution in [0.15, 0.2) is 0 Å². The molecule has 13 heteroatoms. The van der Waals surface area contributed by atoms with Crippen LogP contribution < -0.4 is 0 Å². The molecule has 0 rings (SSSR count). The van der Waals surface area contributed by atoms with Crippen molar-refractivity contribution in [1.29, 1.82) is 0 Å². The average molecular weight is 561 g/mol. The van der Waals surface area contributed by atoms with Gasteiger partial charge in [0.1, 0.15) is 0 Å². The minimum absolute atomic E-state index is 0.237. The molecule has 0 aliphatic carbocycles. The molecule has 0 aromatic carbocycles. The van der Waals surface area contributed by atoms with Gasteiger partial charge in [-0.25, -0.2) is 0 Å². The first-order valence-electron chi connectivity index (χ1n) is 4.56. The first kappa shape index (κ1) is 24.8. The Morgan fingerprint density at radius 1 is 0.476 bits per heavy atom. The predicted molar refractivity (Wildman–Crippen MR) is 102 cm³/mol. The molecular weight excluding hydrogens is 557 g/mol. The number of rotatable bonds is 5. The molecule has 0 heterocycles. The van der Waals surface area contributed by atoms with Crippen molar-refractivity contribution < 1.29 is 0 Å². The van der Waals surface area contributed by atoms with Crippen LogP contribution in [0.5, 0.6) is 0 Å². The third-order valence-corrected chi connectivity index (χ3v) is 10.8. The fourth-order valence-corrected chi connectivity index (χ4v) is 4.47. The standard InChI is InChI=1S/C8H4Cl13/c1-2-3(9,10)4(11,12)5(13,14)6(15,16)7(17,18)8(19,20)21/h1-2H2. The van der Waals surface area contributed by atoms with Crippen molar-refractivity contribution in [1.82, 2.24) is 0 Å². The van der Waals surface area contributed by atoms with Crippen LogP contribution >= 0.6 is 151 Å². The van der Waals surface area contributed by atoms with Gasteiger partial charge in [-0.05, 0) is 6.42 Å². The van der Waals surface area contributed by atoms with Gasteiger partial charge in [-0.15, -0.1) is 0 Å². The van der Waals surface area contributed by atoms with Gasteiger partial charge in [0.05, 0.1) is 0 Å². The smallest absolute Gasteiger partial charge is 0.0982 e. The monoisotopic (exact) mass is 555 g/mol. The van der Waals surface area contributed by atoms with E-state index in [-0.39, 0.29) is 6.42 Å². The molecule has 127 valence electrons. The topological polar surface area (TPSA) is 0 Å². The van der Waals surface area contributed by atoms with Crippen LogP contribution in [0.1, 0.15) is 6.42 Å². The van der Waals surface area contributed by atoms with Gasteiger partial charge >= 0.3 is 0 Å². The molecule has 0 aliphatic rings. The van der Waals surface area contributed by atoms with E-state index in [0.717, 1.165) is 0 Å². The second-order valence-electron chi connectivity index (χ2n) is 3.75. The number of alkyl halides is 13. The summed E-state index contributed by atoms with van der Waals surface area (Å²) in [6.45, 7) is 3.45. The lowest BCUT2D eigenvalue weighted by Crippen LogP contribution is -2.65. The van der Waals surface area contributed by atoms with E-state index in [4.69, 9.17) is 151 Å². The maximum Gasteiger partial charge on any atom is 0.226 e. The second-order valence-corrected chi connectivity index (χ2v) is 12.8. The van der Waals surface area contributed by atoms with Crippen molar-refractivity contribution in [3.63, 3.8) is 0 Å². The summed E-state index contributed by atoms with van der Waals surface area (Å²) in [5.41, 5.74) is 0. The Morgan fingerprint density at radius 2 is 0.762 bits per heavy atom. The van der Waals surface area contributed by atoms with E-state index in [1.807, 2.05) is 0 Å². The highest BCUT2D eigenvalue weighted by molar-refractivity contribution is 6.82. The van der Waals surface area contributed by atoms with E-state index in [9.17, 15) is 0 Å². The van der Waals surface area contributed by atoms with Crippen molar-refractivity contribution in [2.45, 2.75) is 31.9 Å². The molecule has 0 unspecified atom stereocenters. The zero-order valence-corrected chi connectivity index (χ0v) is 19.2. The summed E-state index contributed by atoms with van der Waals surface area (Å²) in [5, 5.41) is 0. The predicted octanol–water partition coefficient (Wildman–Crippen LogP) is 8.45. The molecular formula is C8H4Cl13. The average Bonchev–Trinajstić information content (AvgIpc) is 2.26. The Labute approximate surface area is 187 Å². The molecule has 1 radical (unpaired) electrons. The Morgan fingerprint density at radius 3 is 1.00 bits per heavy atom. The molecule has 21 heavy (non-hydrogen) atoms. The highest BCUT2D eigenvalue weighted by Crippen LogP contribution is 2.69. The van der Waals surface area contributed by atoms with Gasteiger partial charge in [-0.1, -0.05) is 158 Å². The van der Waals surface area contributed by atoms with Crippen LogP contribution in [0, 0.1) is 6.92 Å². The van der Waals surface area contributed by atoms with Crippen LogP contribution in [-0.4, -0.2) is 25.5 Å². The summed E-state index contributed by atoms with van der Waals surface area (Å²) in [6.07, 6.45) is -0.237. The van der Waals surface area contributed by atoms with Gasteiger partial charge in [-0.3, -0.25) is 0 Å². The van der Waals surface area contributed by atoms with Gasteiger partial charge in [0, 0.05) is 0 Å². The SMILES string of the molecule is [CH2]CC(Cl)(Cl)C(Cl)(Cl)C(Cl)(Cl)C(Cl)(Cl)C(Cl)(Cl)C(Cl)(Cl)Cl. The molecule has 0 nitrogen and oxygen atoms in total. The maximum absolute atomic E-state index is 6.07. The molecule has 0 fully saturated rings. The van der Waals surface area contributed by atoms with Crippen LogP contribution in [0.4, 0.5) is 0 Å². The number of halogens is 13. The van der Waals surface area contributed by atoms with Crippen molar-refractivity contribution >= 4 is 151 Å². The molecule has 0 spiro atoms. The highest BCUT2D eigenvalue weighted by Gasteiger charge is 2.76. The van der Waals surface area contributed by atoms with E-state index in [2.05, 4.69) is 6.92 Å². The summed E-state index contributed by atoms with van der Waals surface area (Å²) < 4.78 is -14.6. The maximum atomic E-state index is 6.07. The molecule has 0 N–H and O–H groups in total. The Bertz CT molecular complexity index is 376. The first-order valence-corrected chi connectivity index (χ1v) is 9.47. The van der Waals surface area contributed by atoms with E-state index >= 15 is 0 Å². The Kier molecular flexibility index (Phi) is 8.75. The summed E-state index contributed by atoms with van der Waals surface area (Å²) in [5.74, 6) is 0. The zero-order chi connectivity index (χ0) is 17.7. The van der Waals surface area contributed by atoms with E-state index in [1.54, 1.807) is 0 Å². The summed E-state index contributed by atoms with van der Waals surface area (Å²) in [4.78, 5) is 0. The number of hydrogen-bond acceptors (Lipinski definition) is 0. The Hall–Kier alpha value is 3.77. The van der Waals surface area contributed by atoms with Gasteiger partial charge in [0.15, 0.2) is 17.3 Å². The molecule has 0 amide bonds. The summed E-state index contributed by atoms with van der Waals surface area (Å²) in [6, 6.07) is 0. The molecule has 0 aromatic heterocycles. The van der Waals surface area contributed by atoms with Gasteiger partial charge in [0.2, 0.25) is 8.13 Å². The first-order chi connectivity index (χ1) is 8.81. The molecule has 0 atom stereocenters. The number of hydrogen-bond donors (Lipinski definition) is 0. The molecule has 0 saturated heterocycles. The van der Waals surface area contributed by atoms with Crippen molar-refractivity contribution in [3.05, 3.63) is 6.92 Å². The lowest BCUT2D eigenvalue weighted by atomic mass is 10.1. The minimum Gasteiger partial charge on any atom is -0.0982 e. The van der Waals surface area contributed by atoms with Gasteiger partial charge in [0.25, 0.3) is 0 Å². The zero-order valence-electron chi connectivity index (χ0n) is 9.33. The van der Waals surface area contributed by atoms with Crippen LogP contribution in [0.25, 0.3) is 0 Å². The molecule has 0 bridgehead atoms. The van der Waals surface area contributed by atoms with Crippen molar-refractivity contribution in [2.24, 2.45) is 0 Å². The highest BCUT2D eigenvalue weighted by atomic mass is 35.6. The Balaban J connectivity index is 6.14. The fourth-order valence-electron chi connectivity index (χ4n) is 0.959. The largest absolute Gasteiger partial charge is 0.226 e. The third-order valence-electron chi connectivity index (χ3n) is 2.31. The summed E-state index contributed by atoms with van der Waals surface area (Å²) in [7, 11) is 0. The van der Waals surface area contributed by atoms with Crippen LogP contribution in [0.3, 0.4) is 0 Å². The van der Waals surface area contributed by atoms with Gasteiger partial charge in [-0.2, -0.15) is 0 Å². The van der Waals surface area contributed by atoms with Crippen LogP contribution in [0.2, 0.25) is 0 Å². The fraction of sp³-hybridized carbons (Fsp3) is 0.875. The lowest BCUT2D eigenvalue weighted by molar-refractivity contribution is 0.495.